The van der Waals surface area contributed by atoms with Gasteiger partial charge in [0.05, 0.1) is 6.61 Å². The lowest BCUT2D eigenvalue weighted by atomic mass is 9.86. The molecule has 0 aliphatic carbocycles. The van der Waals surface area contributed by atoms with Gasteiger partial charge in [0.2, 0.25) is 0 Å². The Morgan fingerprint density at radius 2 is 1.97 bits per heavy atom. The summed E-state index contributed by atoms with van der Waals surface area (Å²) in [5, 5.41) is 19.9. The number of aromatic hydroxyl groups is 2. The first-order valence-corrected chi connectivity index (χ1v) is 10.1. The van der Waals surface area contributed by atoms with Crippen LogP contribution in [0.4, 0.5) is 0 Å². The highest BCUT2D eigenvalue weighted by Crippen LogP contribution is 2.46. The van der Waals surface area contributed by atoms with Crippen LogP contribution in [0.1, 0.15) is 55.9 Å². The number of allylic oxidation sites excluding steroid dienone is 2. The second-order valence-corrected chi connectivity index (χ2v) is 8.74. The normalized spacial score (nSPS) is 18.8. The van der Waals surface area contributed by atoms with Crippen LogP contribution in [-0.4, -0.2) is 22.4 Å². The zero-order chi connectivity index (χ0) is 20.8. The summed E-state index contributed by atoms with van der Waals surface area (Å²) in [5.74, 6) is 2.00. The molecule has 0 saturated heterocycles. The molecule has 0 bridgehead atoms. The van der Waals surface area contributed by atoms with Crippen LogP contribution in [0.3, 0.4) is 0 Å². The third-order valence-corrected chi connectivity index (χ3v) is 5.52. The second kappa shape index (κ2) is 7.18. The summed E-state index contributed by atoms with van der Waals surface area (Å²) in [6.07, 6.45) is 7.94. The van der Waals surface area contributed by atoms with Crippen LogP contribution in [0.25, 0.3) is 6.08 Å². The molecule has 2 aromatic carbocycles. The fourth-order valence-electron chi connectivity index (χ4n) is 4.03. The third-order valence-electron chi connectivity index (χ3n) is 5.52. The molecule has 0 radical (unpaired) electrons. The van der Waals surface area contributed by atoms with E-state index in [0.717, 1.165) is 46.6 Å². The van der Waals surface area contributed by atoms with E-state index in [1.165, 1.54) is 11.6 Å². The Morgan fingerprint density at radius 1 is 1.17 bits per heavy atom. The number of rotatable bonds is 3. The molecule has 0 saturated carbocycles. The van der Waals surface area contributed by atoms with E-state index < -0.39 is 0 Å². The minimum absolute atomic E-state index is 0.0300. The number of ether oxygens (including phenoxy) is 2. The van der Waals surface area contributed by atoms with Crippen LogP contribution in [0.2, 0.25) is 0 Å². The van der Waals surface area contributed by atoms with E-state index >= 15 is 0 Å². The molecule has 1 atom stereocenters. The van der Waals surface area contributed by atoms with Gasteiger partial charge >= 0.3 is 0 Å². The van der Waals surface area contributed by atoms with E-state index in [0.29, 0.717) is 6.61 Å². The molecule has 0 aromatic heterocycles. The van der Waals surface area contributed by atoms with Gasteiger partial charge in [0.25, 0.3) is 0 Å². The molecule has 2 heterocycles. The number of phenolic OH excluding ortho intramolecular Hbond substituents is 2. The monoisotopic (exact) mass is 392 g/mol. The molecule has 2 N–H and O–H groups in total. The molecular weight excluding hydrogens is 364 g/mol. The zero-order valence-corrected chi connectivity index (χ0v) is 17.5. The highest BCUT2D eigenvalue weighted by Gasteiger charge is 2.31. The maximum absolute atomic E-state index is 10.3. The molecule has 152 valence electrons. The van der Waals surface area contributed by atoms with Gasteiger partial charge in [-0.3, -0.25) is 0 Å². The van der Waals surface area contributed by atoms with Crippen LogP contribution in [0.15, 0.2) is 42.0 Å². The van der Waals surface area contributed by atoms with Gasteiger partial charge < -0.3 is 19.7 Å². The quantitative estimate of drug-likeness (QED) is 0.676. The van der Waals surface area contributed by atoms with Crippen molar-refractivity contribution in [2.75, 3.05) is 6.61 Å². The van der Waals surface area contributed by atoms with Crippen molar-refractivity contribution in [3.63, 3.8) is 0 Å². The van der Waals surface area contributed by atoms with Crippen molar-refractivity contribution in [1.29, 1.82) is 0 Å². The van der Waals surface area contributed by atoms with Crippen LogP contribution >= 0.6 is 0 Å². The topological polar surface area (TPSA) is 58.9 Å². The number of hydrogen-bond acceptors (Lipinski definition) is 4. The van der Waals surface area contributed by atoms with Crippen molar-refractivity contribution in [3.05, 3.63) is 64.2 Å². The first-order chi connectivity index (χ1) is 13.7. The Morgan fingerprint density at radius 3 is 2.69 bits per heavy atom. The zero-order valence-electron chi connectivity index (χ0n) is 17.5. The van der Waals surface area contributed by atoms with Gasteiger partial charge in [-0.15, -0.1) is 0 Å². The number of phenols is 2. The van der Waals surface area contributed by atoms with Crippen LogP contribution < -0.4 is 9.47 Å². The van der Waals surface area contributed by atoms with Crippen molar-refractivity contribution < 1.29 is 19.7 Å². The predicted molar refractivity (Wildman–Crippen MR) is 115 cm³/mol. The molecule has 4 heteroatoms. The lowest BCUT2D eigenvalue weighted by molar-refractivity contribution is 0.155. The first kappa shape index (κ1) is 19.4. The molecule has 0 amide bonds. The summed E-state index contributed by atoms with van der Waals surface area (Å²) in [5.41, 5.74) is 4.98. The largest absolute Gasteiger partial charge is 0.508 e. The Hall–Kier alpha value is -2.88. The van der Waals surface area contributed by atoms with Crippen molar-refractivity contribution >= 4 is 6.08 Å². The summed E-state index contributed by atoms with van der Waals surface area (Å²) in [7, 11) is 0. The number of benzene rings is 2. The molecule has 2 aliphatic rings. The lowest BCUT2D eigenvalue weighted by Crippen LogP contribution is -2.29. The predicted octanol–water partition coefficient (Wildman–Crippen LogP) is 5.51. The number of fused-ring (bicyclic) bond motifs is 2. The lowest BCUT2D eigenvalue weighted by Gasteiger charge is -2.34. The van der Waals surface area contributed by atoms with E-state index in [1.807, 2.05) is 0 Å². The maximum Gasteiger partial charge on any atom is 0.135 e. The number of hydrogen-bond donors (Lipinski definition) is 2. The van der Waals surface area contributed by atoms with E-state index in [2.05, 4.69) is 52.0 Å². The van der Waals surface area contributed by atoms with Crippen LogP contribution in [0.5, 0.6) is 23.0 Å². The minimum atomic E-state index is -0.351. The van der Waals surface area contributed by atoms with Gasteiger partial charge in [-0.2, -0.15) is 0 Å². The summed E-state index contributed by atoms with van der Waals surface area (Å²) < 4.78 is 12.6. The van der Waals surface area contributed by atoms with Crippen molar-refractivity contribution in [1.82, 2.24) is 0 Å². The summed E-state index contributed by atoms with van der Waals surface area (Å²) in [6.45, 7) is 8.78. The van der Waals surface area contributed by atoms with Gasteiger partial charge in [-0.25, -0.2) is 0 Å². The molecule has 2 aromatic rings. The van der Waals surface area contributed by atoms with Crippen LogP contribution in [0, 0.1) is 0 Å². The summed E-state index contributed by atoms with van der Waals surface area (Å²) >= 11 is 0. The molecule has 4 rings (SSSR count). The van der Waals surface area contributed by atoms with Gasteiger partial charge in [-0.1, -0.05) is 23.8 Å². The SMILES string of the molecule is CC(C)=CCc1c2c(cc3c1OC[C@H](c1ccc(O)cc1O)C3)C=CC(C)(C)O2. The maximum atomic E-state index is 10.3. The standard InChI is InChI=1S/C25H28O4/c1-15(2)5-7-21-23-17(11-16-9-10-25(3,4)29-24(16)21)12-18(14-28-23)20-8-6-19(26)13-22(20)27/h5-6,8-11,13,18,26-27H,7,12,14H2,1-4H3/t18-/m1/s1. The van der Waals surface area contributed by atoms with Crippen molar-refractivity contribution in [3.8, 4) is 23.0 Å². The van der Waals surface area contributed by atoms with Crippen molar-refractivity contribution in [2.24, 2.45) is 0 Å². The molecule has 4 nitrogen and oxygen atoms in total. The van der Waals surface area contributed by atoms with Gasteiger partial charge in [0.15, 0.2) is 0 Å². The third kappa shape index (κ3) is 3.84. The Labute approximate surface area is 172 Å². The van der Waals surface area contributed by atoms with Crippen LogP contribution in [-0.2, 0) is 12.8 Å². The molecule has 0 unspecified atom stereocenters. The minimum Gasteiger partial charge on any atom is -0.508 e. The highest BCUT2D eigenvalue weighted by molar-refractivity contribution is 5.69. The smallest absolute Gasteiger partial charge is 0.135 e. The second-order valence-electron chi connectivity index (χ2n) is 8.74. The van der Waals surface area contributed by atoms with E-state index in [1.54, 1.807) is 12.1 Å². The fraction of sp³-hybridized carbons (Fsp3) is 0.360. The van der Waals surface area contributed by atoms with E-state index in [9.17, 15) is 10.2 Å². The summed E-state index contributed by atoms with van der Waals surface area (Å²) in [6, 6.07) is 6.91. The van der Waals surface area contributed by atoms with E-state index in [-0.39, 0.29) is 23.0 Å². The summed E-state index contributed by atoms with van der Waals surface area (Å²) in [4.78, 5) is 0. The highest BCUT2D eigenvalue weighted by atomic mass is 16.5. The molecule has 29 heavy (non-hydrogen) atoms. The molecule has 0 spiro atoms. The van der Waals surface area contributed by atoms with E-state index in [4.69, 9.17) is 9.47 Å². The van der Waals surface area contributed by atoms with Gasteiger partial charge in [0.1, 0.15) is 28.6 Å². The molecule has 0 fully saturated rings. The van der Waals surface area contributed by atoms with Gasteiger partial charge in [0, 0.05) is 28.7 Å². The van der Waals surface area contributed by atoms with Gasteiger partial charge in [-0.05, 0) is 64.3 Å². The Balaban J connectivity index is 1.77. The average Bonchev–Trinajstić information content (AvgIpc) is 2.64. The molecular formula is C25H28O4. The molecule has 2 aliphatic heterocycles. The first-order valence-electron chi connectivity index (χ1n) is 10.1. The Bertz CT molecular complexity index is 1010. The average molecular weight is 392 g/mol. The fourth-order valence-corrected chi connectivity index (χ4v) is 4.03. The van der Waals surface area contributed by atoms with Crippen molar-refractivity contribution in [2.45, 2.75) is 52.1 Å². The Kier molecular flexibility index (Phi) is 4.81.